The minimum atomic E-state index is -0.573. The Bertz CT molecular complexity index is 972. The van der Waals surface area contributed by atoms with Crippen LogP contribution in [-0.2, 0) is 12.0 Å². The number of hydrogen-bond donors (Lipinski definition) is 1. The van der Waals surface area contributed by atoms with Crippen LogP contribution in [0.15, 0.2) is 61.5 Å². The molecule has 2 aromatic rings. The Morgan fingerprint density at radius 2 is 2.31 bits per heavy atom. The van der Waals surface area contributed by atoms with Crippen LogP contribution in [-0.4, -0.2) is 47.3 Å². The number of methoxy groups -OCH3 is 1. The molecule has 0 spiro atoms. The fraction of sp³-hybridized carbons (Fsp3) is 0.304. The number of fused-ring (bicyclic) bond motifs is 3. The number of carbonyl (C=O) groups is 1. The van der Waals surface area contributed by atoms with Gasteiger partial charge in [0.1, 0.15) is 6.10 Å². The van der Waals surface area contributed by atoms with E-state index in [1.54, 1.807) is 49.7 Å². The summed E-state index contributed by atoms with van der Waals surface area (Å²) in [5, 5.41) is 10.1. The quantitative estimate of drug-likeness (QED) is 0.793. The van der Waals surface area contributed by atoms with Crippen LogP contribution in [0, 0.1) is 0 Å². The molecule has 3 atom stereocenters. The van der Waals surface area contributed by atoms with E-state index in [0.29, 0.717) is 30.0 Å². The van der Waals surface area contributed by atoms with Crippen molar-refractivity contribution in [3.63, 3.8) is 0 Å². The second-order valence-corrected chi connectivity index (χ2v) is 7.44. The molecule has 1 aliphatic carbocycles. The average Bonchev–Trinajstić information content (AvgIpc) is 3.09. The summed E-state index contributed by atoms with van der Waals surface area (Å²) in [6.07, 6.45) is 8.43. The van der Waals surface area contributed by atoms with Gasteiger partial charge >= 0.3 is 0 Å². The molecule has 0 bridgehead atoms. The molecule has 1 unspecified atom stereocenters. The van der Waals surface area contributed by atoms with Gasteiger partial charge in [0.15, 0.2) is 11.5 Å². The third-order valence-electron chi connectivity index (χ3n) is 5.70. The number of aliphatic hydroxyl groups excluding tert-OH is 1. The van der Waals surface area contributed by atoms with Crippen LogP contribution in [0.3, 0.4) is 0 Å². The van der Waals surface area contributed by atoms with Crippen molar-refractivity contribution in [3.8, 4) is 11.5 Å². The molecule has 6 nitrogen and oxygen atoms in total. The summed E-state index contributed by atoms with van der Waals surface area (Å²) in [5.74, 6) is 1.17. The van der Waals surface area contributed by atoms with Crippen LogP contribution in [0.4, 0.5) is 0 Å². The zero-order chi connectivity index (χ0) is 20.6. The highest BCUT2D eigenvalue weighted by Crippen LogP contribution is 2.53. The standard InChI is InChI=1S/C23H24N2O4/c1-4-23-10-9-17(26)12-19(23)29-21-18(28-3)8-7-16(20(21)23)14-25(2)22(27)15-6-5-11-24-13-15/h4-11,13,17,19,26H,1,12,14H2,2-3H3/t17-,19?,23+/m0/s1. The number of rotatable bonds is 5. The highest BCUT2D eigenvalue weighted by molar-refractivity contribution is 5.93. The zero-order valence-corrected chi connectivity index (χ0v) is 16.5. The average molecular weight is 392 g/mol. The van der Waals surface area contributed by atoms with E-state index in [0.717, 1.165) is 11.1 Å². The maximum absolute atomic E-state index is 12.8. The molecule has 1 aromatic heterocycles. The van der Waals surface area contributed by atoms with Gasteiger partial charge in [-0.1, -0.05) is 24.3 Å². The van der Waals surface area contributed by atoms with E-state index >= 15 is 0 Å². The number of aromatic nitrogens is 1. The summed E-state index contributed by atoms with van der Waals surface area (Å²) in [4.78, 5) is 18.5. The number of nitrogens with zero attached hydrogens (tertiary/aromatic N) is 2. The number of pyridine rings is 1. The Morgan fingerprint density at radius 3 is 3.00 bits per heavy atom. The van der Waals surface area contributed by atoms with Gasteiger partial charge in [0.25, 0.3) is 5.91 Å². The van der Waals surface area contributed by atoms with Gasteiger partial charge in [-0.2, -0.15) is 0 Å². The number of amides is 1. The molecular formula is C23H24N2O4. The van der Waals surface area contributed by atoms with E-state index in [-0.39, 0.29) is 12.0 Å². The normalized spacial score (nSPS) is 24.2. The van der Waals surface area contributed by atoms with Crippen molar-refractivity contribution < 1.29 is 19.4 Å². The lowest BCUT2D eigenvalue weighted by Gasteiger charge is -2.34. The van der Waals surface area contributed by atoms with Crippen molar-refractivity contribution in [3.05, 3.63) is 78.2 Å². The maximum atomic E-state index is 12.8. The minimum absolute atomic E-state index is 0.111. The predicted molar refractivity (Wildman–Crippen MR) is 109 cm³/mol. The highest BCUT2D eigenvalue weighted by Gasteiger charge is 2.50. The smallest absolute Gasteiger partial charge is 0.255 e. The molecule has 29 heavy (non-hydrogen) atoms. The molecule has 150 valence electrons. The lowest BCUT2D eigenvalue weighted by atomic mass is 9.70. The molecule has 0 radical (unpaired) electrons. The number of ether oxygens (including phenoxy) is 2. The lowest BCUT2D eigenvalue weighted by molar-refractivity contribution is 0.0784. The molecule has 0 saturated carbocycles. The number of benzene rings is 1. The van der Waals surface area contributed by atoms with Crippen LogP contribution in [0.25, 0.3) is 0 Å². The van der Waals surface area contributed by atoms with Crippen molar-refractivity contribution in [1.82, 2.24) is 9.88 Å². The van der Waals surface area contributed by atoms with Gasteiger partial charge in [-0.25, -0.2) is 0 Å². The Balaban J connectivity index is 1.75. The van der Waals surface area contributed by atoms with Crippen molar-refractivity contribution in [2.75, 3.05) is 14.2 Å². The second kappa shape index (κ2) is 7.37. The summed E-state index contributed by atoms with van der Waals surface area (Å²) in [6.45, 7) is 4.45. The van der Waals surface area contributed by atoms with Gasteiger partial charge in [-0.05, 0) is 23.8 Å². The van der Waals surface area contributed by atoms with Crippen LogP contribution in [0.5, 0.6) is 11.5 Å². The molecular weight excluding hydrogens is 368 g/mol. The first-order valence-corrected chi connectivity index (χ1v) is 9.53. The van der Waals surface area contributed by atoms with Crippen molar-refractivity contribution >= 4 is 5.91 Å². The summed E-state index contributed by atoms with van der Waals surface area (Å²) in [5.41, 5.74) is 1.85. The third kappa shape index (κ3) is 3.09. The van der Waals surface area contributed by atoms with E-state index in [1.807, 2.05) is 24.3 Å². The third-order valence-corrected chi connectivity index (χ3v) is 5.70. The molecule has 0 saturated heterocycles. The van der Waals surface area contributed by atoms with Crippen LogP contribution < -0.4 is 9.47 Å². The minimum Gasteiger partial charge on any atom is -0.493 e. The number of carbonyl (C=O) groups excluding carboxylic acids is 1. The van der Waals surface area contributed by atoms with Gasteiger partial charge < -0.3 is 19.5 Å². The Morgan fingerprint density at radius 1 is 1.48 bits per heavy atom. The monoisotopic (exact) mass is 392 g/mol. The second-order valence-electron chi connectivity index (χ2n) is 7.44. The summed E-state index contributed by atoms with van der Waals surface area (Å²) >= 11 is 0. The lowest BCUT2D eigenvalue weighted by Crippen LogP contribution is -2.41. The Kier molecular flexibility index (Phi) is 4.88. The van der Waals surface area contributed by atoms with Gasteiger partial charge in [0.05, 0.1) is 24.2 Å². The highest BCUT2D eigenvalue weighted by atomic mass is 16.5. The fourth-order valence-corrected chi connectivity index (χ4v) is 4.23. The number of aliphatic hydroxyl groups is 1. The van der Waals surface area contributed by atoms with Gasteiger partial charge in [0, 0.05) is 38.0 Å². The predicted octanol–water partition coefficient (Wildman–Crippen LogP) is 2.87. The molecule has 1 aromatic carbocycles. The largest absolute Gasteiger partial charge is 0.493 e. The fourth-order valence-electron chi connectivity index (χ4n) is 4.23. The van der Waals surface area contributed by atoms with Crippen LogP contribution in [0.1, 0.15) is 27.9 Å². The molecule has 1 N–H and O–H groups in total. The van der Waals surface area contributed by atoms with E-state index in [4.69, 9.17) is 9.47 Å². The molecule has 2 aliphatic rings. The number of hydrogen-bond acceptors (Lipinski definition) is 5. The molecule has 1 aliphatic heterocycles. The summed E-state index contributed by atoms with van der Waals surface area (Å²) in [7, 11) is 3.37. The van der Waals surface area contributed by atoms with Crippen molar-refractivity contribution in [2.45, 2.75) is 30.6 Å². The van der Waals surface area contributed by atoms with Gasteiger partial charge in [-0.3, -0.25) is 9.78 Å². The van der Waals surface area contributed by atoms with E-state index in [9.17, 15) is 9.90 Å². The molecule has 4 rings (SSSR count). The molecule has 2 heterocycles. The van der Waals surface area contributed by atoms with Crippen molar-refractivity contribution in [2.24, 2.45) is 0 Å². The van der Waals surface area contributed by atoms with E-state index < -0.39 is 11.5 Å². The SMILES string of the molecule is C=C[C@@]12C=C[C@H](O)CC1Oc1c(OC)ccc(CN(C)C(=O)c3cccnc3)c12. The Hall–Kier alpha value is -3.12. The van der Waals surface area contributed by atoms with Crippen LogP contribution in [0.2, 0.25) is 0 Å². The van der Waals surface area contributed by atoms with Crippen molar-refractivity contribution in [1.29, 1.82) is 0 Å². The summed E-state index contributed by atoms with van der Waals surface area (Å²) in [6, 6.07) is 7.31. The van der Waals surface area contributed by atoms with Gasteiger partial charge in [0.2, 0.25) is 0 Å². The molecule has 0 fully saturated rings. The Labute approximate surface area is 170 Å². The maximum Gasteiger partial charge on any atom is 0.255 e. The summed E-state index contributed by atoms with van der Waals surface area (Å²) < 4.78 is 11.8. The topological polar surface area (TPSA) is 71.9 Å². The zero-order valence-electron chi connectivity index (χ0n) is 16.5. The van der Waals surface area contributed by atoms with E-state index in [2.05, 4.69) is 11.6 Å². The van der Waals surface area contributed by atoms with Crippen LogP contribution >= 0.6 is 0 Å². The first-order valence-electron chi connectivity index (χ1n) is 9.53. The molecule has 1 amide bonds. The first-order chi connectivity index (χ1) is 14.0. The van der Waals surface area contributed by atoms with Gasteiger partial charge in [-0.15, -0.1) is 6.58 Å². The van der Waals surface area contributed by atoms with E-state index in [1.165, 1.54) is 0 Å². The molecule has 6 heteroatoms. The first kappa shape index (κ1) is 19.2.